The van der Waals surface area contributed by atoms with Crippen LogP contribution in [0, 0.1) is 36.5 Å². The van der Waals surface area contributed by atoms with Crippen molar-refractivity contribution in [3.05, 3.63) is 197 Å². The number of pyridine rings is 6. The van der Waals surface area contributed by atoms with Gasteiger partial charge in [-0.05, 0) is 143 Å². The number of hydrogen-bond donors (Lipinski definition) is 6. The Balaban J connectivity index is 0.000000206. The predicted octanol–water partition coefficient (Wildman–Crippen LogP) is 9.11. The van der Waals surface area contributed by atoms with E-state index >= 15 is 0 Å². The van der Waals surface area contributed by atoms with Crippen molar-refractivity contribution < 1.29 is 23.5 Å². The molecule has 9 N–H and O–H groups in total. The summed E-state index contributed by atoms with van der Waals surface area (Å²) in [6, 6.07) is 36.1. The maximum Gasteiger partial charge on any atom is 0.358 e. The van der Waals surface area contributed by atoms with Crippen molar-refractivity contribution in [3.63, 3.8) is 0 Å². The van der Waals surface area contributed by atoms with Gasteiger partial charge in [-0.25, -0.2) is 64.6 Å². The summed E-state index contributed by atoms with van der Waals surface area (Å²) in [5.74, 6) is 1.36. The monoisotopic (exact) mass is 1570 g/mol. The summed E-state index contributed by atoms with van der Waals surface area (Å²) in [6.45, 7) is 12.9. The Hall–Kier alpha value is -12.5. The number of halogens is 1. The zero-order valence-electron chi connectivity index (χ0n) is 62.7. The van der Waals surface area contributed by atoms with Crippen LogP contribution >= 0.6 is 11.6 Å². The van der Waals surface area contributed by atoms with Gasteiger partial charge in [-0.2, -0.15) is 10.5 Å². The highest BCUT2D eigenvalue weighted by Crippen LogP contribution is 2.33. The molecule has 12 aromatic rings. The van der Waals surface area contributed by atoms with Crippen LogP contribution in [-0.2, 0) is 13.1 Å². The van der Waals surface area contributed by atoms with E-state index in [0.29, 0.717) is 69.4 Å². The number of carbonyl (C=O) groups excluding carboxylic acids is 1. The standard InChI is InChI=1S/C27H28N10O2.C16H12N6O3.C11H18N4.C11H14N4.C6H3ClN2.C5H12N2.4CH4/c1-16-11-30-20-8-7-17(13-37(16)20)22-23(27-29-9-10-39-27)34-25(28)24(33-22)26(38)31-12-18-5-4-6-21(32-18)36-14-19(15-36)35(2)3;1-8-6-19-10-3-2-9(7-22(8)10)11-12(15-18-4-5-25-15)21-14(17)13(20-11)16(23)24;2*1-14(2)10-7-15(8-10)11-5-3-4-9(6-12)13-11;7-6-3-1-2-5(4-8)9-6;1-7(2)5-3-6-4-5;;;;/h4-11,13,19H,12,14-15H2,1-3H3,(H2,28,34)(H,31,38);2-7H,1H3,(H2,17,21)(H,23,24);3-5,10H,6-8,12H2,1-2H3;3-5,10H,7-8H2,1-2H3;1-3H;5-6H,3-4H2,1-2H3;4*1H4. The van der Waals surface area contributed by atoms with E-state index in [0.717, 1.165) is 96.8 Å². The first-order valence-electron chi connectivity index (χ1n) is 35.1. The van der Waals surface area contributed by atoms with E-state index in [9.17, 15) is 14.7 Å². The van der Waals surface area contributed by atoms with E-state index in [2.05, 4.69) is 162 Å². The maximum absolute atomic E-state index is 13.3. The molecule has 0 aliphatic carbocycles. The minimum Gasteiger partial charge on any atom is -0.476 e. The minimum absolute atomic E-state index is 0. The number of nitrogens with two attached hydrogens (primary N) is 3. The van der Waals surface area contributed by atoms with Crippen LogP contribution in [0.3, 0.4) is 0 Å². The topological polar surface area (TPSA) is 417 Å². The molecule has 16 rings (SSSR count). The molecule has 4 aliphatic heterocycles. The Morgan fingerprint density at radius 2 is 0.947 bits per heavy atom. The summed E-state index contributed by atoms with van der Waals surface area (Å²) < 4.78 is 14.6. The van der Waals surface area contributed by atoms with Crippen LogP contribution < -0.4 is 42.5 Å². The quantitative estimate of drug-likeness (QED) is 0.0491. The number of amides is 1. The second-order valence-electron chi connectivity index (χ2n) is 27.0. The second-order valence-corrected chi connectivity index (χ2v) is 27.4. The number of fused-ring (bicyclic) bond motifs is 2. The average Bonchev–Trinajstić information content (AvgIpc) is 1.51. The Kier molecular flexibility index (Phi) is 31.6. The number of likely N-dealkylation sites (N-methyl/N-ethyl adjacent to an activating group) is 4. The molecule has 600 valence electrons. The lowest BCUT2D eigenvalue weighted by molar-refractivity contribution is 0.0691. The van der Waals surface area contributed by atoms with Gasteiger partial charge in [0.1, 0.15) is 81.3 Å². The molecule has 4 saturated heterocycles. The molecule has 4 fully saturated rings. The number of nitrogens with one attached hydrogen (secondary N) is 2. The first kappa shape index (κ1) is 88.7. The summed E-state index contributed by atoms with van der Waals surface area (Å²) in [4.78, 5) is 91.8. The zero-order chi connectivity index (χ0) is 78.3. The largest absolute Gasteiger partial charge is 0.476 e. The second kappa shape index (κ2) is 40.6. The lowest BCUT2D eigenvalue weighted by Crippen LogP contribution is -2.57. The van der Waals surface area contributed by atoms with Crippen LogP contribution in [0.2, 0.25) is 5.15 Å². The molecular formula is C80H103ClN28O5. The van der Waals surface area contributed by atoms with Gasteiger partial charge < -0.3 is 84.9 Å². The molecule has 0 saturated carbocycles. The number of aromatic carboxylic acids is 1. The van der Waals surface area contributed by atoms with Crippen LogP contribution in [0.4, 0.5) is 29.1 Å². The molecule has 12 aromatic heterocycles. The Morgan fingerprint density at radius 3 is 1.33 bits per heavy atom. The Bertz CT molecular complexity index is 5210. The summed E-state index contributed by atoms with van der Waals surface area (Å²) in [5.41, 5.74) is 25.9. The molecule has 1 amide bonds. The normalized spacial score (nSPS) is 13.5. The molecule has 0 atom stereocenters. The molecule has 0 spiro atoms. The number of rotatable bonds is 16. The number of carboxylic acid groups (broad SMARTS) is 1. The van der Waals surface area contributed by atoms with Gasteiger partial charge in [0.15, 0.2) is 34.4 Å². The smallest absolute Gasteiger partial charge is 0.358 e. The van der Waals surface area contributed by atoms with Gasteiger partial charge in [0.05, 0.1) is 30.3 Å². The molecule has 114 heavy (non-hydrogen) atoms. The fourth-order valence-electron chi connectivity index (χ4n) is 11.5. The third kappa shape index (κ3) is 21.8. The number of anilines is 5. The van der Waals surface area contributed by atoms with Crippen molar-refractivity contribution >= 4 is 63.9 Å². The van der Waals surface area contributed by atoms with Crippen LogP contribution in [0.1, 0.15) is 84.8 Å². The predicted molar refractivity (Wildman–Crippen MR) is 445 cm³/mol. The van der Waals surface area contributed by atoms with Gasteiger partial charge in [-0.3, -0.25) is 4.79 Å². The molecule has 0 bridgehead atoms. The van der Waals surface area contributed by atoms with Crippen molar-refractivity contribution in [2.45, 2.75) is 80.8 Å². The maximum atomic E-state index is 13.3. The van der Waals surface area contributed by atoms with Gasteiger partial charge in [0.25, 0.3) is 5.91 Å². The van der Waals surface area contributed by atoms with Gasteiger partial charge in [-0.15, -0.1) is 0 Å². The fraction of sp³-hybridized carbons (Fsp3) is 0.350. The zero-order valence-corrected chi connectivity index (χ0v) is 63.5. The van der Waals surface area contributed by atoms with Crippen LogP contribution in [0.15, 0.2) is 156 Å². The minimum atomic E-state index is -1.26. The molecule has 0 radical (unpaired) electrons. The van der Waals surface area contributed by atoms with Gasteiger partial charge >= 0.3 is 5.97 Å². The van der Waals surface area contributed by atoms with E-state index < -0.39 is 11.9 Å². The first-order valence-corrected chi connectivity index (χ1v) is 35.5. The number of oxazole rings is 2. The Labute approximate surface area is 670 Å². The molecule has 33 nitrogen and oxygen atoms in total. The average molecular weight is 1570 g/mol. The lowest BCUT2D eigenvalue weighted by atomic mass is 10.1. The summed E-state index contributed by atoms with van der Waals surface area (Å²) in [6.07, 6.45) is 13.0. The highest BCUT2D eigenvalue weighted by molar-refractivity contribution is 6.29. The number of imidazole rings is 2. The van der Waals surface area contributed by atoms with Crippen LogP contribution in [0.25, 0.3) is 57.0 Å². The number of aryl methyl sites for hydroxylation is 2. The fourth-order valence-corrected chi connectivity index (χ4v) is 11.7. The molecule has 4 aliphatic rings. The lowest BCUT2D eigenvalue weighted by Gasteiger charge is -2.43. The number of carbonyl (C=O) groups is 2. The number of nitriles is 2. The van der Waals surface area contributed by atoms with E-state index in [1.807, 2.05) is 95.6 Å². The highest BCUT2D eigenvalue weighted by atomic mass is 35.5. The van der Waals surface area contributed by atoms with Gasteiger partial charge in [0.2, 0.25) is 11.8 Å². The van der Waals surface area contributed by atoms with Crippen molar-refractivity contribution in [1.29, 1.82) is 10.5 Å². The van der Waals surface area contributed by atoms with Crippen molar-refractivity contribution in [2.24, 2.45) is 5.73 Å². The SMILES string of the molecule is C.C.C.C.CN(C)C1CN(c2cccc(C#N)n2)C1.CN(C)C1CN(c2cccc(CN)n2)C1.CN(C)C1CNC1.Cc1cnc2ccc(-c3nc(C(=O)NCc4cccc(N5CC(N(C)C)C5)n4)c(N)nc3-c3ncco3)cn12.Cc1cnc2ccc(-c3nc(C(=O)O)c(N)nc3-c3ncco3)cn12.N#Cc1cccc(Cl)n1. The molecule has 0 aromatic carbocycles. The molecule has 34 heteroatoms. The number of hydrogen-bond acceptors (Lipinski definition) is 29. The van der Waals surface area contributed by atoms with Gasteiger partial charge in [0, 0.05) is 130 Å². The van der Waals surface area contributed by atoms with Crippen molar-refractivity contribution in [2.75, 3.05) is 135 Å². The Morgan fingerprint density at radius 1 is 0.535 bits per heavy atom. The molecular weight excluding hydrogens is 1470 g/mol. The third-order valence-corrected chi connectivity index (χ3v) is 18.8. The van der Waals surface area contributed by atoms with Crippen LogP contribution in [-0.4, -0.2) is 238 Å². The van der Waals surface area contributed by atoms with E-state index in [1.54, 1.807) is 55.0 Å². The highest BCUT2D eigenvalue weighted by Gasteiger charge is 2.32. The number of carboxylic acids is 1. The van der Waals surface area contributed by atoms with Gasteiger partial charge in [-0.1, -0.05) is 65.6 Å². The van der Waals surface area contributed by atoms with E-state index in [-0.39, 0.29) is 76.8 Å². The molecule has 16 heterocycles. The number of aromatic nitrogens is 14. The van der Waals surface area contributed by atoms with E-state index in [4.69, 9.17) is 53.1 Å². The van der Waals surface area contributed by atoms with Crippen molar-refractivity contribution in [3.8, 4) is 57.8 Å². The third-order valence-electron chi connectivity index (χ3n) is 18.6. The van der Waals surface area contributed by atoms with E-state index in [1.165, 1.54) is 38.0 Å². The number of nitrogens with zero attached hydrogens (tertiary/aromatic N) is 23. The number of nitrogen functional groups attached to an aromatic ring is 2. The first-order chi connectivity index (χ1) is 52.9. The van der Waals surface area contributed by atoms with Crippen molar-refractivity contribution in [1.82, 2.24) is 98.8 Å². The summed E-state index contributed by atoms with van der Waals surface area (Å²) in [5, 5.41) is 32.8. The molecule has 0 unspecified atom stereocenters. The van der Waals surface area contributed by atoms with Crippen LogP contribution in [0.5, 0.6) is 0 Å². The summed E-state index contributed by atoms with van der Waals surface area (Å²) >= 11 is 5.46. The summed E-state index contributed by atoms with van der Waals surface area (Å²) in [7, 11) is 16.8.